The molecule has 2 amide bonds. The SMILES string of the molecule is Cl.Cn1ncc2c1Nc1ccccc1N(C(=O)C1CCC(C(N)=O)CC1)C2. The molecule has 3 N–H and O–H groups in total. The van der Waals surface area contributed by atoms with E-state index in [0.29, 0.717) is 32.2 Å². The molecule has 0 unspecified atom stereocenters. The molecule has 2 aromatic rings. The Kier molecular flexibility index (Phi) is 5.41. The Morgan fingerprint density at radius 2 is 1.81 bits per heavy atom. The molecule has 8 heteroatoms. The Morgan fingerprint density at radius 3 is 2.52 bits per heavy atom. The fourth-order valence-corrected chi connectivity index (χ4v) is 4.00. The number of fused-ring (bicyclic) bond motifs is 2. The van der Waals surface area contributed by atoms with Crippen molar-refractivity contribution < 1.29 is 9.59 Å². The Bertz CT molecular complexity index is 858. The second-order valence-corrected chi connectivity index (χ2v) is 7.16. The zero-order chi connectivity index (χ0) is 18.3. The highest BCUT2D eigenvalue weighted by Crippen LogP contribution is 2.38. The maximum Gasteiger partial charge on any atom is 0.230 e. The molecular weight excluding hydrogens is 366 g/mol. The molecule has 0 bridgehead atoms. The minimum Gasteiger partial charge on any atom is -0.369 e. The Labute approximate surface area is 164 Å². The second kappa shape index (κ2) is 7.60. The van der Waals surface area contributed by atoms with Crippen molar-refractivity contribution in [3.05, 3.63) is 36.0 Å². The van der Waals surface area contributed by atoms with Gasteiger partial charge in [-0.1, -0.05) is 12.1 Å². The number of nitrogens with one attached hydrogen (secondary N) is 1. The van der Waals surface area contributed by atoms with Crippen LogP contribution in [0.4, 0.5) is 17.2 Å². The molecular formula is C19H24ClN5O2. The molecule has 0 spiro atoms. The van der Waals surface area contributed by atoms with Crippen LogP contribution in [0, 0.1) is 11.8 Å². The van der Waals surface area contributed by atoms with E-state index in [1.165, 1.54) is 0 Å². The van der Waals surface area contributed by atoms with Gasteiger partial charge in [0.15, 0.2) is 0 Å². The lowest BCUT2D eigenvalue weighted by Crippen LogP contribution is -2.38. The fourth-order valence-electron chi connectivity index (χ4n) is 4.00. The standard InChI is InChI=1S/C19H23N5O2.ClH/c1-23-18-14(10-21-23)11-24(16-5-3-2-4-15(16)22-18)19(26)13-8-6-12(7-9-13)17(20)25;/h2-5,10,12-13,22H,6-9,11H2,1H3,(H2,20,25);1H. The highest BCUT2D eigenvalue weighted by Gasteiger charge is 2.34. The lowest BCUT2D eigenvalue weighted by molar-refractivity contribution is -0.127. The normalized spacial score (nSPS) is 21.1. The van der Waals surface area contributed by atoms with Crippen LogP contribution in [0.2, 0.25) is 0 Å². The summed E-state index contributed by atoms with van der Waals surface area (Å²) in [6.45, 7) is 0.488. The van der Waals surface area contributed by atoms with Crippen LogP contribution >= 0.6 is 12.4 Å². The number of amides is 2. The number of aromatic nitrogens is 2. The van der Waals surface area contributed by atoms with E-state index in [2.05, 4.69) is 10.4 Å². The van der Waals surface area contributed by atoms with Crippen molar-refractivity contribution in [2.75, 3.05) is 10.2 Å². The lowest BCUT2D eigenvalue weighted by atomic mass is 9.81. The van der Waals surface area contributed by atoms with Gasteiger partial charge in [-0.05, 0) is 37.8 Å². The van der Waals surface area contributed by atoms with Crippen LogP contribution in [-0.4, -0.2) is 21.6 Å². The lowest BCUT2D eigenvalue weighted by Gasteiger charge is -2.31. The molecule has 2 aliphatic rings. The van der Waals surface area contributed by atoms with Crippen molar-refractivity contribution in [1.82, 2.24) is 9.78 Å². The molecule has 144 valence electrons. The third kappa shape index (κ3) is 3.51. The monoisotopic (exact) mass is 389 g/mol. The molecule has 1 aromatic heterocycles. The number of nitrogens with zero attached hydrogens (tertiary/aromatic N) is 3. The van der Waals surface area contributed by atoms with Gasteiger partial charge in [0, 0.05) is 24.4 Å². The van der Waals surface area contributed by atoms with Gasteiger partial charge in [-0.3, -0.25) is 14.3 Å². The average Bonchev–Trinajstić information content (AvgIpc) is 2.90. The topological polar surface area (TPSA) is 93.2 Å². The maximum absolute atomic E-state index is 13.3. The number of rotatable bonds is 2. The number of nitrogens with two attached hydrogens (primary N) is 1. The second-order valence-electron chi connectivity index (χ2n) is 7.16. The van der Waals surface area contributed by atoms with Crippen molar-refractivity contribution >= 4 is 41.4 Å². The number of aryl methyl sites for hydroxylation is 1. The summed E-state index contributed by atoms with van der Waals surface area (Å²) in [5, 5.41) is 7.72. The van der Waals surface area contributed by atoms with E-state index in [1.807, 2.05) is 36.2 Å². The molecule has 1 aliphatic carbocycles. The Morgan fingerprint density at radius 1 is 1.15 bits per heavy atom. The van der Waals surface area contributed by atoms with Gasteiger partial charge in [-0.25, -0.2) is 0 Å². The molecule has 1 saturated carbocycles. The molecule has 27 heavy (non-hydrogen) atoms. The summed E-state index contributed by atoms with van der Waals surface area (Å²) >= 11 is 0. The predicted molar refractivity (Wildman–Crippen MR) is 106 cm³/mol. The van der Waals surface area contributed by atoms with Gasteiger partial charge >= 0.3 is 0 Å². The number of para-hydroxylation sites is 2. The van der Waals surface area contributed by atoms with E-state index < -0.39 is 0 Å². The van der Waals surface area contributed by atoms with E-state index in [-0.39, 0.29) is 36.1 Å². The van der Waals surface area contributed by atoms with Crippen molar-refractivity contribution in [2.45, 2.75) is 32.2 Å². The van der Waals surface area contributed by atoms with E-state index in [4.69, 9.17) is 5.73 Å². The van der Waals surface area contributed by atoms with Crippen molar-refractivity contribution in [2.24, 2.45) is 24.6 Å². The molecule has 1 aliphatic heterocycles. The van der Waals surface area contributed by atoms with Crippen LogP contribution < -0.4 is 16.0 Å². The van der Waals surface area contributed by atoms with Crippen LogP contribution in [-0.2, 0) is 23.2 Å². The average molecular weight is 390 g/mol. The number of primary amides is 1. The van der Waals surface area contributed by atoms with Gasteiger partial charge < -0.3 is 16.0 Å². The van der Waals surface area contributed by atoms with Crippen LogP contribution in [0.1, 0.15) is 31.2 Å². The molecule has 0 atom stereocenters. The number of hydrogen-bond acceptors (Lipinski definition) is 4. The summed E-state index contributed by atoms with van der Waals surface area (Å²) in [7, 11) is 1.89. The first kappa shape index (κ1) is 19.2. The Hall–Kier alpha value is -2.54. The first-order valence-corrected chi connectivity index (χ1v) is 9.02. The summed E-state index contributed by atoms with van der Waals surface area (Å²) in [6.07, 6.45) is 4.60. The number of benzene rings is 1. The number of anilines is 3. The third-order valence-electron chi connectivity index (χ3n) is 5.54. The maximum atomic E-state index is 13.3. The molecule has 2 heterocycles. The van der Waals surface area contributed by atoms with Crippen LogP contribution in [0.5, 0.6) is 0 Å². The van der Waals surface area contributed by atoms with Crippen LogP contribution in [0.25, 0.3) is 0 Å². The van der Waals surface area contributed by atoms with Gasteiger partial charge in [-0.15, -0.1) is 12.4 Å². The number of halogens is 1. The molecule has 1 aromatic carbocycles. The summed E-state index contributed by atoms with van der Waals surface area (Å²) in [6, 6.07) is 7.84. The zero-order valence-electron chi connectivity index (χ0n) is 15.2. The number of carbonyl (C=O) groups excluding carboxylic acids is 2. The van der Waals surface area contributed by atoms with E-state index in [9.17, 15) is 9.59 Å². The largest absolute Gasteiger partial charge is 0.369 e. The van der Waals surface area contributed by atoms with Gasteiger partial charge in [-0.2, -0.15) is 5.10 Å². The summed E-state index contributed by atoms with van der Waals surface area (Å²) in [4.78, 5) is 26.6. The van der Waals surface area contributed by atoms with Crippen LogP contribution in [0.15, 0.2) is 30.5 Å². The summed E-state index contributed by atoms with van der Waals surface area (Å²) in [5.41, 5.74) is 8.19. The van der Waals surface area contributed by atoms with Gasteiger partial charge in [0.05, 0.1) is 24.1 Å². The van der Waals surface area contributed by atoms with E-state index >= 15 is 0 Å². The third-order valence-corrected chi connectivity index (χ3v) is 5.54. The first-order chi connectivity index (χ1) is 12.5. The summed E-state index contributed by atoms with van der Waals surface area (Å²) < 4.78 is 1.79. The van der Waals surface area contributed by atoms with Gasteiger partial charge in [0.25, 0.3) is 0 Å². The Balaban J connectivity index is 0.00000210. The number of carbonyl (C=O) groups is 2. The highest BCUT2D eigenvalue weighted by atomic mass is 35.5. The van der Waals surface area contributed by atoms with Gasteiger partial charge in [0.1, 0.15) is 5.82 Å². The van der Waals surface area contributed by atoms with E-state index in [1.54, 1.807) is 10.9 Å². The molecule has 1 fully saturated rings. The quantitative estimate of drug-likeness (QED) is 0.825. The zero-order valence-corrected chi connectivity index (χ0v) is 16.0. The predicted octanol–water partition coefficient (Wildman–Crippen LogP) is 2.72. The fraction of sp³-hybridized carbons (Fsp3) is 0.421. The van der Waals surface area contributed by atoms with E-state index in [0.717, 1.165) is 22.8 Å². The smallest absolute Gasteiger partial charge is 0.230 e. The first-order valence-electron chi connectivity index (χ1n) is 9.02. The summed E-state index contributed by atoms with van der Waals surface area (Å²) in [5.74, 6) is 0.600. The van der Waals surface area contributed by atoms with Gasteiger partial charge in [0.2, 0.25) is 11.8 Å². The number of hydrogen-bond donors (Lipinski definition) is 2. The van der Waals surface area contributed by atoms with Crippen molar-refractivity contribution in [1.29, 1.82) is 0 Å². The minimum absolute atomic E-state index is 0. The van der Waals surface area contributed by atoms with Crippen molar-refractivity contribution in [3.8, 4) is 0 Å². The molecule has 4 rings (SSSR count). The minimum atomic E-state index is -0.250. The molecule has 0 radical (unpaired) electrons. The molecule has 7 nitrogen and oxygen atoms in total. The van der Waals surface area contributed by atoms with Crippen molar-refractivity contribution in [3.63, 3.8) is 0 Å². The van der Waals surface area contributed by atoms with Crippen LogP contribution in [0.3, 0.4) is 0 Å². The molecule has 0 saturated heterocycles. The highest BCUT2D eigenvalue weighted by molar-refractivity contribution is 5.99.